The van der Waals surface area contributed by atoms with E-state index in [-0.39, 0.29) is 64.6 Å². The van der Waals surface area contributed by atoms with E-state index in [1.807, 2.05) is 18.2 Å². The lowest BCUT2D eigenvalue weighted by atomic mass is 10.1. The van der Waals surface area contributed by atoms with E-state index in [1.54, 1.807) is 0 Å². The average Bonchev–Trinajstić information content (AvgIpc) is 2.89. The van der Waals surface area contributed by atoms with Gasteiger partial charge in [-0.25, -0.2) is 39.4 Å². The van der Waals surface area contributed by atoms with Gasteiger partial charge in [0.15, 0.2) is 0 Å². The van der Waals surface area contributed by atoms with Crippen molar-refractivity contribution in [2.45, 2.75) is 119 Å². The molecule has 15 heteroatoms. The summed E-state index contributed by atoms with van der Waals surface area (Å²) in [6.45, 7) is 1.40. The van der Waals surface area contributed by atoms with Crippen LogP contribution in [0.2, 0.25) is 0 Å². The van der Waals surface area contributed by atoms with E-state index in [0.717, 1.165) is 25.7 Å². The first-order chi connectivity index (χ1) is 19.0. The van der Waals surface area contributed by atoms with Crippen LogP contribution >= 0.6 is 0 Å². The third-order valence-corrected chi connectivity index (χ3v) is 15.1. The standard InChI is InChI=1S/C25H46N6O6S3/c1-2-3-4-5-6-7-11-18-25(38(32,33)29-22-15-8-12-19-26,39(34,35)30-23-16-9-13-20-27)40(36,37)31-24-17-10-14-21-28/h29-31H,2-18,22-24H2,1H3. The smallest absolute Gasteiger partial charge is 0.213 e. The molecule has 40 heavy (non-hydrogen) atoms. The van der Waals surface area contributed by atoms with Gasteiger partial charge in [0.2, 0.25) is 30.1 Å². The van der Waals surface area contributed by atoms with Crippen LogP contribution in [-0.2, 0) is 30.1 Å². The van der Waals surface area contributed by atoms with Crippen molar-refractivity contribution < 1.29 is 25.3 Å². The van der Waals surface area contributed by atoms with E-state index >= 15 is 0 Å². The molecule has 0 heterocycles. The molecule has 230 valence electrons. The van der Waals surface area contributed by atoms with Crippen LogP contribution in [0.3, 0.4) is 0 Å². The highest BCUT2D eigenvalue weighted by Crippen LogP contribution is 2.36. The molecule has 0 aliphatic carbocycles. The highest BCUT2D eigenvalue weighted by atomic mass is 32.3. The molecule has 0 aliphatic heterocycles. The number of rotatable bonds is 26. The molecule has 0 rings (SSSR count). The molecule has 3 N–H and O–H groups in total. The Hall–Kier alpha value is -1.80. The molecule has 12 nitrogen and oxygen atoms in total. The minimum Gasteiger partial charge on any atom is -0.213 e. The zero-order chi connectivity index (χ0) is 30.4. The predicted octanol–water partition coefficient (Wildman–Crippen LogP) is 3.62. The molecule has 0 aliphatic rings. The van der Waals surface area contributed by atoms with E-state index in [0.29, 0.717) is 32.1 Å². The first-order valence-corrected chi connectivity index (χ1v) is 18.5. The lowest BCUT2D eigenvalue weighted by Crippen LogP contribution is -2.63. The third-order valence-electron chi connectivity index (χ3n) is 6.34. The van der Waals surface area contributed by atoms with Crippen molar-refractivity contribution in [3.05, 3.63) is 0 Å². The molecule has 0 radical (unpaired) electrons. The average molecular weight is 623 g/mol. The van der Waals surface area contributed by atoms with E-state index in [9.17, 15) is 25.3 Å². The fraction of sp³-hybridized carbons (Fsp3) is 0.880. The summed E-state index contributed by atoms with van der Waals surface area (Å²) >= 11 is 0. The molecule has 0 aromatic rings. The molecule has 0 bridgehead atoms. The van der Waals surface area contributed by atoms with Gasteiger partial charge < -0.3 is 0 Å². The minimum atomic E-state index is -5.02. The number of hydrogen-bond donors (Lipinski definition) is 3. The van der Waals surface area contributed by atoms with Gasteiger partial charge in [-0.1, -0.05) is 45.4 Å². The van der Waals surface area contributed by atoms with Crippen LogP contribution in [0.4, 0.5) is 0 Å². The van der Waals surface area contributed by atoms with Gasteiger partial charge in [-0.3, -0.25) is 0 Å². The van der Waals surface area contributed by atoms with Crippen LogP contribution < -0.4 is 14.2 Å². The largest absolute Gasteiger partial charge is 0.313 e. The second-order valence-electron chi connectivity index (χ2n) is 9.59. The molecule has 0 aromatic heterocycles. The molecule has 0 spiro atoms. The fourth-order valence-electron chi connectivity index (χ4n) is 4.07. The second kappa shape index (κ2) is 21.0. The Kier molecular flexibility index (Phi) is 20.0. The van der Waals surface area contributed by atoms with Gasteiger partial charge in [0.25, 0.3) is 0 Å². The van der Waals surface area contributed by atoms with E-state index in [2.05, 4.69) is 21.1 Å². The minimum absolute atomic E-state index is 0.0478. The Morgan fingerprint density at radius 1 is 0.500 bits per heavy atom. The molecule has 0 saturated heterocycles. The zero-order valence-electron chi connectivity index (χ0n) is 23.7. The summed E-state index contributed by atoms with van der Waals surface area (Å²) in [7, 11) is -15.1. The Bertz CT molecular complexity index is 1020. The van der Waals surface area contributed by atoms with E-state index < -0.39 is 39.9 Å². The summed E-state index contributed by atoms with van der Waals surface area (Å²) in [6.07, 6.45) is 6.76. The number of nitrogens with zero attached hydrogens (tertiary/aromatic N) is 3. The van der Waals surface area contributed by atoms with E-state index in [4.69, 9.17) is 15.8 Å². The second-order valence-corrected chi connectivity index (χ2v) is 16.3. The normalized spacial score (nSPS) is 12.4. The van der Waals surface area contributed by atoms with Gasteiger partial charge in [0.1, 0.15) is 0 Å². The predicted molar refractivity (Wildman–Crippen MR) is 155 cm³/mol. The molecule has 0 atom stereocenters. The SMILES string of the molecule is CCCCCCCCCC(S(=O)(=O)NCCCCC#N)(S(=O)(=O)NCCCCC#N)S(=O)(=O)NCCCCC#N. The number of unbranched alkanes of at least 4 members (excludes halogenated alkanes) is 12. The van der Waals surface area contributed by atoms with Crippen molar-refractivity contribution in [1.29, 1.82) is 15.8 Å². The topological polar surface area (TPSA) is 210 Å². The monoisotopic (exact) mass is 622 g/mol. The van der Waals surface area contributed by atoms with Crippen molar-refractivity contribution in [1.82, 2.24) is 14.2 Å². The lowest BCUT2D eigenvalue weighted by molar-refractivity contribution is 0.505. The van der Waals surface area contributed by atoms with Gasteiger partial charge in [-0.2, -0.15) is 15.8 Å². The van der Waals surface area contributed by atoms with Gasteiger partial charge >= 0.3 is 3.41 Å². The summed E-state index contributed by atoms with van der Waals surface area (Å²) in [5.41, 5.74) is 0. The van der Waals surface area contributed by atoms with Crippen molar-refractivity contribution in [3.8, 4) is 18.2 Å². The van der Waals surface area contributed by atoms with E-state index in [1.165, 1.54) is 0 Å². The Balaban J connectivity index is 6.33. The Morgan fingerprint density at radius 2 is 0.825 bits per heavy atom. The quantitative estimate of drug-likeness (QED) is 0.120. The molecule has 0 amide bonds. The van der Waals surface area contributed by atoms with Crippen LogP contribution in [0.15, 0.2) is 0 Å². The molecule has 0 saturated carbocycles. The van der Waals surface area contributed by atoms with Gasteiger partial charge in [-0.15, -0.1) is 0 Å². The summed E-state index contributed by atoms with van der Waals surface area (Å²) in [5, 5.41) is 26.2. The van der Waals surface area contributed by atoms with Crippen LogP contribution in [-0.4, -0.2) is 48.3 Å². The fourth-order valence-corrected chi connectivity index (χ4v) is 11.7. The highest BCUT2D eigenvalue weighted by molar-refractivity contribution is 8.24. The first-order valence-electron chi connectivity index (χ1n) is 14.1. The molecule has 0 aromatic carbocycles. The maximum absolute atomic E-state index is 13.8. The van der Waals surface area contributed by atoms with Crippen LogP contribution in [0.25, 0.3) is 0 Å². The summed E-state index contributed by atoms with van der Waals surface area (Å²) in [6, 6.07) is 5.83. The van der Waals surface area contributed by atoms with Crippen molar-refractivity contribution >= 4 is 30.1 Å². The van der Waals surface area contributed by atoms with Crippen LogP contribution in [0.1, 0.15) is 116 Å². The number of hydrogen-bond acceptors (Lipinski definition) is 9. The summed E-state index contributed by atoms with van der Waals surface area (Å²) < 4.78 is 85.9. The molecular weight excluding hydrogens is 577 g/mol. The molecular formula is C25H46N6O6S3. The van der Waals surface area contributed by atoms with Gasteiger partial charge in [0, 0.05) is 45.3 Å². The van der Waals surface area contributed by atoms with Crippen LogP contribution in [0, 0.1) is 34.0 Å². The Labute approximate surface area is 242 Å². The summed E-state index contributed by atoms with van der Waals surface area (Å²) in [5.74, 6) is 0. The number of sulfonamides is 3. The van der Waals surface area contributed by atoms with Crippen LogP contribution in [0.5, 0.6) is 0 Å². The Morgan fingerprint density at radius 3 is 1.15 bits per heavy atom. The third kappa shape index (κ3) is 12.8. The maximum atomic E-state index is 13.8. The lowest BCUT2D eigenvalue weighted by Gasteiger charge is -2.32. The highest BCUT2D eigenvalue weighted by Gasteiger charge is 2.64. The van der Waals surface area contributed by atoms with Crippen molar-refractivity contribution in [2.24, 2.45) is 0 Å². The summed E-state index contributed by atoms with van der Waals surface area (Å²) in [4.78, 5) is 0. The van der Waals surface area contributed by atoms with Gasteiger partial charge in [0.05, 0.1) is 18.2 Å². The molecule has 0 fully saturated rings. The number of nitriles is 3. The maximum Gasteiger partial charge on any atom is 0.313 e. The first kappa shape index (κ1) is 38.2. The number of nitrogens with one attached hydrogen (secondary N) is 3. The zero-order valence-corrected chi connectivity index (χ0v) is 26.1. The van der Waals surface area contributed by atoms with Gasteiger partial charge in [-0.05, 0) is 44.9 Å². The van der Waals surface area contributed by atoms with Crippen molar-refractivity contribution in [2.75, 3.05) is 19.6 Å². The van der Waals surface area contributed by atoms with Crippen molar-refractivity contribution in [3.63, 3.8) is 0 Å². The molecule has 0 unspecified atom stereocenters.